The monoisotopic (exact) mass is 228 g/mol. The average molecular weight is 228 g/mol. The molecule has 4 heteroatoms. The van der Waals surface area contributed by atoms with Crippen LogP contribution in [0.4, 0.5) is 0 Å². The fraction of sp³-hybridized carbons (Fsp3) is 0.917. The molecule has 1 aliphatic heterocycles. The molecule has 0 spiro atoms. The second kappa shape index (κ2) is 5.15. The number of carbonyl (C=O) groups excluding carboxylic acids is 1. The van der Waals surface area contributed by atoms with E-state index < -0.39 is 0 Å². The van der Waals surface area contributed by atoms with Gasteiger partial charge in [-0.25, -0.2) is 0 Å². The number of hydrogen-bond acceptors (Lipinski definition) is 3. The van der Waals surface area contributed by atoms with Crippen molar-refractivity contribution in [2.24, 2.45) is 5.73 Å². The van der Waals surface area contributed by atoms with Crippen molar-refractivity contribution in [3.8, 4) is 0 Å². The number of nitrogens with two attached hydrogens (primary N) is 1. The van der Waals surface area contributed by atoms with E-state index in [2.05, 4.69) is 20.8 Å². The zero-order valence-corrected chi connectivity index (χ0v) is 10.8. The van der Waals surface area contributed by atoms with E-state index >= 15 is 0 Å². The first-order valence-electron chi connectivity index (χ1n) is 6.05. The molecule has 16 heavy (non-hydrogen) atoms. The van der Waals surface area contributed by atoms with Gasteiger partial charge in [-0.05, 0) is 33.1 Å². The van der Waals surface area contributed by atoms with E-state index in [1.54, 1.807) is 4.90 Å². The standard InChI is InChI=1S/C12H24N2O2/c1-5-12(2,3)14(4)11(15)10-7-6-9(8-13)16-10/h9-10H,5-8,13H2,1-4H3. The van der Waals surface area contributed by atoms with Gasteiger partial charge in [0.25, 0.3) is 5.91 Å². The lowest BCUT2D eigenvalue weighted by Gasteiger charge is -2.36. The van der Waals surface area contributed by atoms with Crippen LogP contribution < -0.4 is 5.73 Å². The van der Waals surface area contributed by atoms with Crippen LogP contribution in [-0.2, 0) is 9.53 Å². The SMILES string of the molecule is CCC(C)(C)N(C)C(=O)C1CCC(CN)O1. The summed E-state index contributed by atoms with van der Waals surface area (Å²) in [5, 5.41) is 0. The summed E-state index contributed by atoms with van der Waals surface area (Å²) in [5.74, 6) is 0.0859. The minimum atomic E-state index is -0.288. The van der Waals surface area contributed by atoms with Crippen LogP contribution in [0.2, 0.25) is 0 Å². The fourth-order valence-corrected chi connectivity index (χ4v) is 1.81. The molecule has 1 heterocycles. The molecule has 0 saturated carbocycles. The van der Waals surface area contributed by atoms with Crippen LogP contribution in [0.15, 0.2) is 0 Å². The molecule has 0 aromatic heterocycles. The molecule has 0 aliphatic carbocycles. The Hall–Kier alpha value is -0.610. The Morgan fingerprint density at radius 1 is 1.50 bits per heavy atom. The molecule has 2 N–H and O–H groups in total. The van der Waals surface area contributed by atoms with E-state index in [-0.39, 0.29) is 23.7 Å². The number of hydrogen-bond donors (Lipinski definition) is 1. The molecule has 0 aromatic rings. The summed E-state index contributed by atoms with van der Waals surface area (Å²) in [6, 6.07) is 0. The van der Waals surface area contributed by atoms with Crippen LogP contribution in [0, 0.1) is 0 Å². The number of likely N-dealkylation sites (N-methyl/N-ethyl adjacent to an activating group) is 1. The number of rotatable bonds is 4. The van der Waals surface area contributed by atoms with Gasteiger partial charge < -0.3 is 15.4 Å². The topological polar surface area (TPSA) is 55.6 Å². The molecular formula is C12H24N2O2. The molecule has 2 unspecified atom stereocenters. The molecule has 1 fully saturated rings. The third-order valence-electron chi connectivity index (χ3n) is 3.75. The van der Waals surface area contributed by atoms with Crippen LogP contribution in [0.3, 0.4) is 0 Å². The maximum absolute atomic E-state index is 12.2. The smallest absolute Gasteiger partial charge is 0.251 e. The maximum Gasteiger partial charge on any atom is 0.251 e. The van der Waals surface area contributed by atoms with Crippen LogP contribution in [0.1, 0.15) is 40.0 Å². The van der Waals surface area contributed by atoms with Crippen molar-refractivity contribution in [2.45, 2.75) is 57.8 Å². The van der Waals surface area contributed by atoms with Gasteiger partial charge in [-0.3, -0.25) is 4.79 Å². The Kier molecular flexibility index (Phi) is 4.33. The van der Waals surface area contributed by atoms with E-state index in [0.717, 1.165) is 19.3 Å². The van der Waals surface area contributed by atoms with Crippen molar-refractivity contribution in [1.82, 2.24) is 4.90 Å². The minimum absolute atomic E-state index is 0.0621. The fourth-order valence-electron chi connectivity index (χ4n) is 1.81. The number of carbonyl (C=O) groups is 1. The average Bonchev–Trinajstić information content (AvgIpc) is 2.75. The van der Waals surface area contributed by atoms with Gasteiger partial charge in [0, 0.05) is 19.1 Å². The first-order valence-corrected chi connectivity index (χ1v) is 6.05. The van der Waals surface area contributed by atoms with Crippen molar-refractivity contribution in [3.63, 3.8) is 0 Å². The first-order chi connectivity index (χ1) is 7.42. The molecule has 1 rings (SSSR count). The summed E-state index contributed by atoms with van der Waals surface area (Å²) < 4.78 is 5.62. The highest BCUT2D eigenvalue weighted by atomic mass is 16.5. The first kappa shape index (κ1) is 13.5. The molecule has 94 valence electrons. The molecule has 1 saturated heterocycles. The second-order valence-corrected chi connectivity index (χ2v) is 5.12. The molecule has 0 bridgehead atoms. The summed E-state index contributed by atoms with van der Waals surface area (Å²) in [6.45, 7) is 6.73. The summed E-state index contributed by atoms with van der Waals surface area (Å²) in [4.78, 5) is 14.0. The predicted molar refractivity (Wildman–Crippen MR) is 64.1 cm³/mol. The van der Waals surface area contributed by atoms with Crippen LogP contribution in [0.25, 0.3) is 0 Å². The molecular weight excluding hydrogens is 204 g/mol. The van der Waals surface area contributed by atoms with Gasteiger partial charge in [0.1, 0.15) is 6.10 Å². The van der Waals surface area contributed by atoms with Gasteiger partial charge in [0.15, 0.2) is 0 Å². The second-order valence-electron chi connectivity index (χ2n) is 5.12. The zero-order valence-electron chi connectivity index (χ0n) is 10.8. The number of ether oxygens (including phenoxy) is 1. The zero-order chi connectivity index (χ0) is 12.3. The summed E-state index contributed by atoms with van der Waals surface area (Å²) in [7, 11) is 1.85. The quantitative estimate of drug-likeness (QED) is 0.785. The number of amides is 1. The Labute approximate surface area is 98.1 Å². The lowest BCUT2D eigenvalue weighted by atomic mass is 9.99. The van der Waals surface area contributed by atoms with Gasteiger partial charge in [-0.2, -0.15) is 0 Å². The minimum Gasteiger partial charge on any atom is -0.364 e. The third-order valence-corrected chi connectivity index (χ3v) is 3.75. The lowest BCUT2D eigenvalue weighted by Crippen LogP contribution is -2.48. The molecule has 0 aromatic carbocycles. The van der Waals surface area contributed by atoms with Crippen LogP contribution in [0.5, 0.6) is 0 Å². The van der Waals surface area contributed by atoms with Gasteiger partial charge in [-0.15, -0.1) is 0 Å². The van der Waals surface area contributed by atoms with E-state index in [1.807, 2.05) is 7.05 Å². The predicted octanol–water partition coefficient (Wildman–Crippen LogP) is 1.14. The highest BCUT2D eigenvalue weighted by molar-refractivity contribution is 5.81. The van der Waals surface area contributed by atoms with Crippen molar-refractivity contribution in [3.05, 3.63) is 0 Å². The lowest BCUT2D eigenvalue weighted by molar-refractivity contribution is -0.146. The third kappa shape index (κ3) is 2.74. The van der Waals surface area contributed by atoms with Crippen LogP contribution in [-0.4, -0.2) is 42.1 Å². The van der Waals surface area contributed by atoms with E-state index in [4.69, 9.17) is 10.5 Å². The summed E-state index contributed by atoms with van der Waals surface area (Å²) in [6.07, 6.45) is 2.40. The molecule has 1 amide bonds. The van der Waals surface area contributed by atoms with E-state index in [0.29, 0.717) is 6.54 Å². The van der Waals surface area contributed by atoms with Crippen molar-refractivity contribution in [2.75, 3.05) is 13.6 Å². The van der Waals surface area contributed by atoms with E-state index in [1.165, 1.54) is 0 Å². The van der Waals surface area contributed by atoms with Gasteiger partial charge in [0.05, 0.1) is 6.10 Å². The molecule has 1 aliphatic rings. The van der Waals surface area contributed by atoms with Crippen molar-refractivity contribution in [1.29, 1.82) is 0 Å². The Bertz CT molecular complexity index is 253. The normalized spacial score (nSPS) is 25.8. The van der Waals surface area contributed by atoms with Crippen LogP contribution >= 0.6 is 0 Å². The Morgan fingerprint density at radius 3 is 2.56 bits per heavy atom. The Balaban J connectivity index is 2.58. The summed E-state index contributed by atoms with van der Waals surface area (Å²) in [5.41, 5.74) is 5.42. The number of nitrogens with zero attached hydrogens (tertiary/aromatic N) is 1. The molecule has 4 nitrogen and oxygen atoms in total. The largest absolute Gasteiger partial charge is 0.364 e. The van der Waals surface area contributed by atoms with Gasteiger partial charge in [0.2, 0.25) is 0 Å². The van der Waals surface area contributed by atoms with Gasteiger partial charge >= 0.3 is 0 Å². The summed E-state index contributed by atoms with van der Waals surface area (Å²) >= 11 is 0. The molecule has 0 radical (unpaired) electrons. The highest BCUT2D eigenvalue weighted by Crippen LogP contribution is 2.24. The highest BCUT2D eigenvalue weighted by Gasteiger charge is 2.35. The van der Waals surface area contributed by atoms with E-state index in [9.17, 15) is 4.79 Å². The molecule has 2 atom stereocenters. The van der Waals surface area contributed by atoms with Crippen molar-refractivity contribution < 1.29 is 9.53 Å². The van der Waals surface area contributed by atoms with Gasteiger partial charge in [-0.1, -0.05) is 6.92 Å². The Morgan fingerprint density at radius 2 is 2.12 bits per heavy atom. The maximum atomic E-state index is 12.2. The van der Waals surface area contributed by atoms with Crippen molar-refractivity contribution >= 4 is 5.91 Å².